The number of hydrogen-bond acceptors (Lipinski definition) is 2. The predicted octanol–water partition coefficient (Wildman–Crippen LogP) is 3.51. The van der Waals surface area contributed by atoms with Gasteiger partial charge in [0.25, 0.3) is 0 Å². The standard InChI is InChI=1S/C15H22ClN3/c1-3-9-18(4-2)10-11-19-14-8-6-5-7-13(14)17-15(19)12-16/h5-8H,3-4,9-12H2,1-2H3. The molecule has 0 bridgehead atoms. The zero-order chi connectivity index (χ0) is 13.7. The van der Waals surface area contributed by atoms with Crippen LogP contribution in [-0.2, 0) is 12.4 Å². The Morgan fingerprint density at radius 2 is 2.00 bits per heavy atom. The molecule has 0 spiro atoms. The first-order chi connectivity index (χ1) is 9.30. The summed E-state index contributed by atoms with van der Waals surface area (Å²) >= 11 is 6.02. The minimum Gasteiger partial charge on any atom is -0.326 e. The van der Waals surface area contributed by atoms with Crippen LogP contribution in [0.1, 0.15) is 26.1 Å². The zero-order valence-electron chi connectivity index (χ0n) is 11.8. The summed E-state index contributed by atoms with van der Waals surface area (Å²) in [5.74, 6) is 1.43. The number of rotatable bonds is 7. The van der Waals surface area contributed by atoms with Crippen molar-refractivity contribution in [1.29, 1.82) is 0 Å². The van der Waals surface area contributed by atoms with Crippen LogP contribution in [0.25, 0.3) is 11.0 Å². The number of nitrogens with zero attached hydrogens (tertiary/aromatic N) is 3. The lowest BCUT2D eigenvalue weighted by atomic mass is 10.3. The van der Waals surface area contributed by atoms with E-state index in [1.54, 1.807) is 0 Å². The van der Waals surface area contributed by atoms with Crippen molar-refractivity contribution >= 4 is 22.6 Å². The van der Waals surface area contributed by atoms with E-state index in [2.05, 4.69) is 40.4 Å². The van der Waals surface area contributed by atoms with E-state index in [1.165, 1.54) is 11.9 Å². The van der Waals surface area contributed by atoms with Gasteiger partial charge >= 0.3 is 0 Å². The van der Waals surface area contributed by atoms with Crippen LogP contribution < -0.4 is 0 Å². The molecule has 1 heterocycles. The second kappa shape index (κ2) is 6.92. The average molecular weight is 280 g/mol. The molecule has 0 amide bonds. The molecular weight excluding hydrogens is 258 g/mol. The van der Waals surface area contributed by atoms with Crippen LogP contribution in [0.5, 0.6) is 0 Å². The first kappa shape index (κ1) is 14.4. The summed E-state index contributed by atoms with van der Waals surface area (Å²) in [4.78, 5) is 7.06. The monoisotopic (exact) mass is 279 g/mol. The van der Waals surface area contributed by atoms with Crippen molar-refractivity contribution in [1.82, 2.24) is 14.5 Å². The molecule has 104 valence electrons. The second-order valence-corrected chi connectivity index (χ2v) is 5.00. The van der Waals surface area contributed by atoms with Gasteiger partial charge in [-0.25, -0.2) is 4.98 Å². The topological polar surface area (TPSA) is 21.1 Å². The Bertz CT molecular complexity index is 521. The molecule has 19 heavy (non-hydrogen) atoms. The van der Waals surface area contributed by atoms with E-state index in [9.17, 15) is 0 Å². The molecule has 0 aliphatic heterocycles. The minimum absolute atomic E-state index is 0.467. The predicted molar refractivity (Wildman–Crippen MR) is 81.7 cm³/mol. The number of imidazole rings is 1. The molecule has 0 atom stereocenters. The highest BCUT2D eigenvalue weighted by Gasteiger charge is 2.10. The summed E-state index contributed by atoms with van der Waals surface area (Å²) in [5, 5.41) is 0. The highest BCUT2D eigenvalue weighted by atomic mass is 35.5. The molecule has 4 heteroatoms. The van der Waals surface area contributed by atoms with Gasteiger partial charge in [0.2, 0.25) is 0 Å². The molecule has 1 aromatic heterocycles. The highest BCUT2D eigenvalue weighted by Crippen LogP contribution is 2.17. The minimum atomic E-state index is 0.467. The van der Waals surface area contributed by atoms with E-state index < -0.39 is 0 Å². The molecule has 0 aliphatic rings. The molecule has 2 aromatic rings. The molecule has 3 nitrogen and oxygen atoms in total. The molecule has 0 fully saturated rings. The fraction of sp³-hybridized carbons (Fsp3) is 0.533. The zero-order valence-corrected chi connectivity index (χ0v) is 12.5. The number of likely N-dealkylation sites (N-methyl/N-ethyl adjacent to an activating group) is 1. The Hall–Kier alpha value is -1.06. The molecule has 0 radical (unpaired) electrons. The largest absolute Gasteiger partial charge is 0.326 e. The first-order valence-electron chi connectivity index (χ1n) is 7.02. The maximum Gasteiger partial charge on any atom is 0.124 e. The van der Waals surface area contributed by atoms with E-state index in [1.807, 2.05) is 12.1 Å². The van der Waals surface area contributed by atoms with Crippen LogP contribution in [-0.4, -0.2) is 34.1 Å². The lowest BCUT2D eigenvalue weighted by Crippen LogP contribution is -2.28. The first-order valence-corrected chi connectivity index (χ1v) is 7.56. The summed E-state index contributed by atoms with van der Waals surface area (Å²) in [6, 6.07) is 8.25. The molecule has 0 saturated heterocycles. The van der Waals surface area contributed by atoms with Gasteiger partial charge in [-0.05, 0) is 31.6 Å². The van der Waals surface area contributed by atoms with Crippen molar-refractivity contribution in [3.8, 4) is 0 Å². The van der Waals surface area contributed by atoms with E-state index in [-0.39, 0.29) is 0 Å². The normalized spacial score (nSPS) is 11.6. The summed E-state index contributed by atoms with van der Waals surface area (Å²) in [6.07, 6.45) is 1.20. The summed E-state index contributed by atoms with van der Waals surface area (Å²) < 4.78 is 2.25. The summed E-state index contributed by atoms with van der Waals surface area (Å²) in [5.41, 5.74) is 2.22. The van der Waals surface area contributed by atoms with Gasteiger partial charge < -0.3 is 9.47 Å². The molecule has 0 aliphatic carbocycles. The van der Waals surface area contributed by atoms with Crippen molar-refractivity contribution in [2.45, 2.75) is 32.7 Å². The Morgan fingerprint density at radius 1 is 1.21 bits per heavy atom. The van der Waals surface area contributed by atoms with Gasteiger partial charge in [-0.1, -0.05) is 26.0 Å². The van der Waals surface area contributed by atoms with E-state index >= 15 is 0 Å². The molecular formula is C15H22ClN3. The third kappa shape index (κ3) is 3.28. The fourth-order valence-corrected chi connectivity index (χ4v) is 2.67. The van der Waals surface area contributed by atoms with Crippen LogP contribution in [0.3, 0.4) is 0 Å². The van der Waals surface area contributed by atoms with Gasteiger partial charge in [0.05, 0.1) is 16.9 Å². The van der Waals surface area contributed by atoms with Gasteiger partial charge in [-0.15, -0.1) is 11.6 Å². The number of halogens is 1. The van der Waals surface area contributed by atoms with E-state index in [4.69, 9.17) is 11.6 Å². The van der Waals surface area contributed by atoms with Crippen LogP contribution in [0.2, 0.25) is 0 Å². The van der Waals surface area contributed by atoms with Gasteiger partial charge in [-0.2, -0.15) is 0 Å². The van der Waals surface area contributed by atoms with Crippen LogP contribution >= 0.6 is 11.6 Å². The van der Waals surface area contributed by atoms with Crippen molar-refractivity contribution in [2.75, 3.05) is 19.6 Å². The molecule has 0 saturated carbocycles. The Balaban J connectivity index is 2.18. The average Bonchev–Trinajstić information content (AvgIpc) is 2.81. The number of fused-ring (bicyclic) bond motifs is 1. The van der Waals surface area contributed by atoms with Crippen LogP contribution in [0.15, 0.2) is 24.3 Å². The van der Waals surface area contributed by atoms with Crippen molar-refractivity contribution in [3.63, 3.8) is 0 Å². The number of alkyl halides is 1. The Kier molecular flexibility index (Phi) is 5.23. The van der Waals surface area contributed by atoms with Crippen molar-refractivity contribution in [2.24, 2.45) is 0 Å². The number of aromatic nitrogens is 2. The maximum absolute atomic E-state index is 6.02. The third-order valence-electron chi connectivity index (χ3n) is 3.48. The lowest BCUT2D eigenvalue weighted by molar-refractivity contribution is 0.277. The molecule has 2 rings (SSSR count). The van der Waals surface area contributed by atoms with Crippen molar-refractivity contribution in [3.05, 3.63) is 30.1 Å². The molecule has 1 aromatic carbocycles. The Labute approximate surface area is 120 Å². The van der Waals surface area contributed by atoms with Gasteiger partial charge in [0.15, 0.2) is 0 Å². The molecule has 0 N–H and O–H groups in total. The highest BCUT2D eigenvalue weighted by molar-refractivity contribution is 6.16. The van der Waals surface area contributed by atoms with Crippen molar-refractivity contribution < 1.29 is 0 Å². The van der Waals surface area contributed by atoms with Gasteiger partial charge in [-0.3, -0.25) is 0 Å². The molecule has 0 unspecified atom stereocenters. The lowest BCUT2D eigenvalue weighted by Gasteiger charge is -2.20. The van der Waals surface area contributed by atoms with E-state index in [0.717, 1.165) is 37.5 Å². The van der Waals surface area contributed by atoms with Crippen LogP contribution in [0.4, 0.5) is 0 Å². The SMILES string of the molecule is CCCN(CC)CCn1c(CCl)nc2ccccc21. The summed E-state index contributed by atoms with van der Waals surface area (Å²) in [6.45, 7) is 8.69. The quantitative estimate of drug-likeness (QED) is 0.723. The second-order valence-electron chi connectivity index (χ2n) is 4.74. The number of hydrogen-bond donors (Lipinski definition) is 0. The number of para-hydroxylation sites is 2. The maximum atomic E-state index is 6.02. The van der Waals surface area contributed by atoms with Crippen LogP contribution in [0, 0.1) is 0 Å². The third-order valence-corrected chi connectivity index (χ3v) is 3.72. The smallest absolute Gasteiger partial charge is 0.124 e. The number of benzene rings is 1. The van der Waals surface area contributed by atoms with E-state index in [0.29, 0.717) is 5.88 Å². The Morgan fingerprint density at radius 3 is 2.68 bits per heavy atom. The summed E-state index contributed by atoms with van der Waals surface area (Å²) in [7, 11) is 0. The fourth-order valence-electron chi connectivity index (χ4n) is 2.46. The van der Waals surface area contributed by atoms with Gasteiger partial charge in [0, 0.05) is 13.1 Å². The van der Waals surface area contributed by atoms with Gasteiger partial charge in [0.1, 0.15) is 5.82 Å².